The molecule has 0 atom stereocenters. The molecule has 0 saturated carbocycles. The van der Waals surface area contributed by atoms with Crippen LogP contribution in [0.5, 0.6) is 5.75 Å². The lowest BCUT2D eigenvalue weighted by molar-refractivity contribution is 0.0943. The number of hydrogen-bond acceptors (Lipinski definition) is 4. The van der Waals surface area contributed by atoms with Gasteiger partial charge >= 0.3 is 0 Å². The largest absolute Gasteiger partial charge is 0.495 e. The third-order valence-corrected chi connectivity index (χ3v) is 4.84. The topological polar surface area (TPSA) is 84.5 Å². The first kappa shape index (κ1) is 18.8. The molecule has 0 aliphatic rings. The molecular weight excluding hydrogens is 340 g/mol. The van der Waals surface area contributed by atoms with Crippen LogP contribution in [0, 0.1) is 6.92 Å². The highest BCUT2D eigenvalue weighted by Gasteiger charge is 2.22. The van der Waals surface area contributed by atoms with Crippen molar-refractivity contribution in [1.82, 2.24) is 5.32 Å². The number of benzene rings is 2. The van der Waals surface area contributed by atoms with Crippen LogP contribution in [0.15, 0.2) is 47.4 Å². The van der Waals surface area contributed by atoms with Crippen LogP contribution >= 0.6 is 0 Å². The molecule has 0 spiro atoms. The fraction of sp³-hybridized carbons (Fsp3) is 0.278. The zero-order valence-corrected chi connectivity index (χ0v) is 15.5. The van der Waals surface area contributed by atoms with Gasteiger partial charge in [0, 0.05) is 17.3 Å². The Morgan fingerprint density at radius 3 is 2.28 bits per heavy atom. The summed E-state index contributed by atoms with van der Waals surface area (Å²) in [4.78, 5) is 12.1. The van der Waals surface area contributed by atoms with Gasteiger partial charge in [0.1, 0.15) is 10.6 Å². The van der Waals surface area contributed by atoms with Gasteiger partial charge in [0.2, 0.25) is 0 Å². The Labute approximate surface area is 148 Å². The van der Waals surface area contributed by atoms with Crippen molar-refractivity contribution in [3.05, 3.63) is 53.6 Å². The highest BCUT2D eigenvalue weighted by molar-refractivity contribution is 7.92. The third kappa shape index (κ3) is 4.73. The lowest BCUT2D eigenvalue weighted by atomic mass is 10.2. The molecule has 0 radical (unpaired) electrons. The van der Waals surface area contributed by atoms with Gasteiger partial charge in [-0.3, -0.25) is 9.52 Å². The van der Waals surface area contributed by atoms with Gasteiger partial charge in [0.15, 0.2) is 0 Å². The molecule has 2 rings (SSSR count). The lowest BCUT2D eigenvalue weighted by Crippen LogP contribution is -2.30. The number of carbonyl (C=O) groups is 1. The molecule has 0 saturated heterocycles. The van der Waals surface area contributed by atoms with Crippen molar-refractivity contribution in [3.8, 4) is 5.75 Å². The summed E-state index contributed by atoms with van der Waals surface area (Å²) < 4.78 is 33.1. The Hall–Kier alpha value is -2.54. The molecule has 2 aromatic carbocycles. The van der Waals surface area contributed by atoms with E-state index in [-0.39, 0.29) is 28.2 Å². The van der Waals surface area contributed by atoms with E-state index in [1.165, 1.54) is 25.3 Å². The summed E-state index contributed by atoms with van der Waals surface area (Å²) in [7, 11) is -2.53. The minimum absolute atomic E-state index is 0.0552. The van der Waals surface area contributed by atoms with Crippen LogP contribution in [0.4, 0.5) is 5.69 Å². The van der Waals surface area contributed by atoms with E-state index < -0.39 is 10.0 Å². The van der Waals surface area contributed by atoms with E-state index in [9.17, 15) is 13.2 Å². The second kappa shape index (κ2) is 7.57. The molecule has 25 heavy (non-hydrogen) atoms. The van der Waals surface area contributed by atoms with E-state index >= 15 is 0 Å². The lowest BCUT2D eigenvalue weighted by Gasteiger charge is -2.14. The third-order valence-electron chi connectivity index (χ3n) is 3.44. The maximum absolute atomic E-state index is 12.7. The monoisotopic (exact) mass is 362 g/mol. The van der Waals surface area contributed by atoms with Crippen LogP contribution in [0.25, 0.3) is 0 Å². The van der Waals surface area contributed by atoms with Crippen molar-refractivity contribution in [2.75, 3.05) is 11.8 Å². The number of carbonyl (C=O) groups excluding carboxylic acids is 1. The summed E-state index contributed by atoms with van der Waals surface area (Å²) in [5.74, 6) is -0.176. The zero-order chi connectivity index (χ0) is 18.6. The van der Waals surface area contributed by atoms with Gasteiger partial charge in [-0.05, 0) is 51.1 Å². The average molecular weight is 362 g/mol. The summed E-state index contributed by atoms with van der Waals surface area (Å²) in [6, 6.07) is 11.2. The van der Waals surface area contributed by atoms with E-state index in [1.807, 2.05) is 32.9 Å². The summed E-state index contributed by atoms with van der Waals surface area (Å²) in [5.41, 5.74) is 1.70. The number of sulfonamides is 1. The fourth-order valence-electron chi connectivity index (χ4n) is 2.21. The Kier molecular flexibility index (Phi) is 5.69. The summed E-state index contributed by atoms with van der Waals surface area (Å²) in [6.07, 6.45) is 0. The second-order valence-electron chi connectivity index (χ2n) is 5.97. The number of ether oxygens (including phenoxy) is 1. The van der Waals surface area contributed by atoms with Gasteiger partial charge in [-0.2, -0.15) is 0 Å². The number of rotatable bonds is 6. The van der Waals surface area contributed by atoms with E-state index in [4.69, 9.17) is 4.74 Å². The van der Waals surface area contributed by atoms with Crippen LogP contribution in [-0.4, -0.2) is 27.5 Å². The molecule has 0 aliphatic carbocycles. The number of anilines is 1. The molecule has 0 aromatic heterocycles. The smallest absolute Gasteiger partial charge is 0.265 e. The maximum atomic E-state index is 12.7. The zero-order valence-electron chi connectivity index (χ0n) is 14.7. The number of nitrogens with one attached hydrogen (secondary N) is 2. The molecule has 1 amide bonds. The first-order valence-corrected chi connectivity index (χ1v) is 9.29. The number of methoxy groups -OCH3 is 1. The number of hydrogen-bond donors (Lipinski definition) is 2. The highest BCUT2D eigenvalue weighted by atomic mass is 32.2. The van der Waals surface area contributed by atoms with E-state index in [2.05, 4.69) is 10.0 Å². The Balaban J connectivity index is 2.40. The van der Waals surface area contributed by atoms with Crippen LogP contribution < -0.4 is 14.8 Å². The highest BCUT2D eigenvalue weighted by Crippen LogP contribution is 2.27. The summed E-state index contributed by atoms with van der Waals surface area (Å²) in [6.45, 7) is 5.58. The maximum Gasteiger partial charge on any atom is 0.265 e. The molecule has 2 aromatic rings. The molecule has 0 fully saturated rings. The predicted molar refractivity (Wildman–Crippen MR) is 97.6 cm³/mol. The molecule has 0 heterocycles. The quantitative estimate of drug-likeness (QED) is 0.827. The van der Waals surface area contributed by atoms with Crippen molar-refractivity contribution in [1.29, 1.82) is 0 Å². The van der Waals surface area contributed by atoms with Crippen LogP contribution in [-0.2, 0) is 10.0 Å². The van der Waals surface area contributed by atoms with E-state index in [0.717, 1.165) is 5.56 Å². The first-order chi connectivity index (χ1) is 11.7. The van der Waals surface area contributed by atoms with Gasteiger partial charge in [-0.15, -0.1) is 0 Å². The summed E-state index contributed by atoms with van der Waals surface area (Å²) in [5, 5.41) is 2.74. The van der Waals surface area contributed by atoms with Crippen molar-refractivity contribution in [2.24, 2.45) is 0 Å². The van der Waals surface area contributed by atoms with Gasteiger partial charge in [-0.1, -0.05) is 17.7 Å². The summed E-state index contributed by atoms with van der Waals surface area (Å²) >= 11 is 0. The second-order valence-corrected chi connectivity index (χ2v) is 7.62. The van der Waals surface area contributed by atoms with Crippen molar-refractivity contribution >= 4 is 21.6 Å². The van der Waals surface area contributed by atoms with Crippen LogP contribution in [0.3, 0.4) is 0 Å². The first-order valence-electron chi connectivity index (χ1n) is 7.81. The molecule has 134 valence electrons. The molecule has 0 bridgehead atoms. The number of aryl methyl sites for hydroxylation is 1. The molecule has 2 N–H and O–H groups in total. The molecule has 7 heteroatoms. The minimum atomic E-state index is -3.91. The predicted octanol–water partition coefficient (Wildman–Crippen LogP) is 2.94. The van der Waals surface area contributed by atoms with Crippen molar-refractivity contribution < 1.29 is 17.9 Å². The Morgan fingerprint density at radius 2 is 1.72 bits per heavy atom. The van der Waals surface area contributed by atoms with Crippen molar-refractivity contribution in [3.63, 3.8) is 0 Å². The SMILES string of the molecule is COc1ccc(C(=O)NC(C)C)cc1S(=O)(=O)Nc1ccc(C)cc1. The molecule has 6 nitrogen and oxygen atoms in total. The fourth-order valence-corrected chi connectivity index (χ4v) is 3.46. The normalized spacial score (nSPS) is 11.2. The molecule has 0 unspecified atom stereocenters. The molecule has 0 aliphatic heterocycles. The standard InChI is InChI=1S/C18H22N2O4S/c1-12(2)19-18(21)14-7-10-16(24-4)17(11-14)25(22,23)20-15-8-5-13(3)6-9-15/h5-12,20H,1-4H3,(H,19,21). The van der Waals surface area contributed by atoms with Gasteiger partial charge in [0.25, 0.3) is 15.9 Å². The minimum Gasteiger partial charge on any atom is -0.495 e. The van der Waals surface area contributed by atoms with Gasteiger partial charge in [0.05, 0.1) is 7.11 Å². The number of amides is 1. The Bertz CT molecular complexity index is 859. The Morgan fingerprint density at radius 1 is 1.08 bits per heavy atom. The van der Waals surface area contributed by atoms with Crippen LogP contribution in [0.2, 0.25) is 0 Å². The van der Waals surface area contributed by atoms with Gasteiger partial charge < -0.3 is 10.1 Å². The van der Waals surface area contributed by atoms with E-state index in [0.29, 0.717) is 5.69 Å². The van der Waals surface area contributed by atoms with Gasteiger partial charge in [-0.25, -0.2) is 8.42 Å². The average Bonchev–Trinajstić information content (AvgIpc) is 2.55. The van der Waals surface area contributed by atoms with E-state index in [1.54, 1.807) is 12.1 Å². The van der Waals surface area contributed by atoms with Crippen molar-refractivity contribution in [2.45, 2.75) is 31.7 Å². The molecular formula is C18H22N2O4S. The van der Waals surface area contributed by atoms with Crippen LogP contribution in [0.1, 0.15) is 29.8 Å².